The number of nitrogens with zero attached hydrogens (tertiary/aromatic N) is 2. The zero-order valence-corrected chi connectivity index (χ0v) is 14.0. The Bertz CT molecular complexity index is 545. The third-order valence-corrected chi connectivity index (χ3v) is 4.48. The smallest absolute Gasteiger partial charge is 0.321 e. The fraction of sp³-hybridized carbons (Fsp3) is 0.467. The van der Waals surface area contributed by atoms with Gasteiger partial charge in [-0.3, -0.25) is 14.5 Å². The number of piperazine rings is 1. The Kier molecular flexibility index (Phi) is 5.93. The van der Waals surface area contributed by atoms with Gasteiger partial charge in [-0.25, -0.2) is 0 Å². The molecule has 22 heavy (non-hydrogen) atoms. The van der Waals surface area contributed by atoms with Crippen LogP contribution in [0.5, 0.6) is 0 Å². The van der Waals surface area contributed by atoms with E-state index in [4.69, 9.17) is 0 Å². The standard InChI is InChI=1S/C15H20BrN3O3/c1-18-6-8-19(9-7-18)13(15(21)22)10-14(20)17-12-5-3-2-4-11(12)16/h2-5,13H,6-10H2,1H3,(H,17,20)(H,21,22)/t13-/m1/s1. The molecule has 120 valence electrons. The monoisotopic (exact) mass is 369 g/mol. The van der Waals surface area contributed by atoms with E-state index in [1.807, 2.05) is 30.1 Å². The Morgan fingerprint density at radius 3 is 2.50 bits per heavy atom. The summed E-state index contributed by atoms with van der Waals surface area (Å²) in [6.07, 6.45) is -0.0552. The molecule has 1 aromatic rings. The van der Waals surface area contributed by atoms with Crippen LogP contribution < -0.4 is 5.32 Å². The fourth-order valence-electron chi connectivity index (χ4n) is 2.45. The second-order valence-corrected chi connectivity index (χ2v) is 6.28. The van der Waals surface area contributed by atoms with E-state index in [1.165, 1.54) is 0 Å². The van der Waals surface area contributed by atoms with Crippen LogP contribution in [0.1, 0.15) is 6.42 Å². The number of hydrogen-bond acceptors (Lipinski definition) is 4. The predicted molar refractivity (Wildman–Crippen MR) is 87.9 cm³/mol. The maximum atomic E-state index is 12.2. The van der Waals surface area contributed by atoms with Crippen molar-refractivity contribution in [3.63, 3.8) is 0 Å². The van der Waals surface area contributed by atoms with Crippen molar-refractivity contribution >= 4 is 33.5 Å². The molecular weight excluding hydrogens is 350 g/mol. The van der Waals surface area contributed by atoms with Crippen molar-refractivity contribution in [2.45, 2.75) is 12.5 Å². The molecule has 1 fully saturated rings. The molecule has 1 saturated heterocycles. The highest BCUT2D eigenvalue weighted by molar-refractivity contribution is 9.10. The molecule has 1 atom stereocenters. The molecule has 1 heterocycles. The quantitative estimate of drug-likeness (QED) is 0.822. The van der Waals surface area contributed by atoms with Crippen LogP contribution in [-0.2, 0) is 9.59 Å². The number of benzene rings is 1. The average molecular weight is 370 g/mol. The zero-order chi connectivity index (χ0) is 16.1. The molecule has 0 radical (unpaired) electrons. The van der Waals surface area contributed by atoms with E-state index in [-0.39, 0.29) is 12.3 Å². The Morgan fingerprint density at radius 1 is 1.27 bits per heavy atom. The van der Waals surface area contributed by atoms with Gasteiger partial charge in [0.2, 0.25) is 5.91 Å². The molecule has 2 N–H and O–H groups in total. The fourth-order valence-corrected chi connectivity index (χ4v) is 2.83. The van der Waals surface area contributed by atoms with Gasteiger partial charge in [0.1, 0.15) is 6.04 Å². The minimum Gasteiger partial charge on any atom is -0.480 e. The number of para-hydroxylation sites is 1. The molecule has 6 nitrogen and oxygen atoms in total. The Balaban J connectivity index is 1.97. The second kappa shape index (κ2) is 7.71. The van der Waals surface area contributed by atoms with Gasteiger partial charge in [0, 0.05) is 30.7 Å². The van der Waals surface area contributed by atoms with E-state index < -0.39 is 12.0 Å². The summed E-state index contributed by atoms with van der Waals surface area (Å²) >= 11 is 3.36. The summed E-state index contributed by atoms with van der Waals surface area (Å²) < 4.78 is 0.773. The van der Waals surface area contributed by atoms with Crippen LogP contribution in [0, 0.1) is 0 Å². The number of nitrogens with one attached hydrogen (secondary N) is 1. The van der Waals surface area contributed by atoms with Crippen molar-refractivity contribution in [1.82, 2.24) is 9.80 Å². The summed E-state index contributed by atoms with van der Waals surface area (Å²) in [4.78, 5) is 27.7. The van der Waals surface area contributed by atoms with Crippen LogP contribution in [0.2, 0.25) is 0 Å². The van der Waals surface area contributed by atoms with Crippen LogP contribution >= 0.6 is 15.9 Å². The Hall–Kier alpha value is -1.44. The number of carboxylic acids is 1. The third kappa shape index (κ3) is 4.53. The first-order valence-electron chi connectivity index (χ1n) is 7.17. The minimum atomic E-state index is -0.952. The van der Waals surface area contributed by atoms with E-state index in [9.17, 15) is 14.7 Å². The van der Waals surface area contributed by atoms with E-state index in [1.54, 1.807) is 6.07 Å². The zero-order valence-electron chi connectivity index (χ0n) is 12.5. The van der Waals surface area contributed by atoms with Gasteiger partial charge in [0.05, 0.1) is 12.1 Å². The summed E-state index contributed by atoms with van der Waals surface area (Å²) in [5.41, 5.74) is 0.648. The maximum Gasteiger partial charge on any atom is 0.321 e. The summed E-state index contributed by atoms with van der Waals surface area (Å²) in [7, 11) is 2.01. The molecular formula is C15H20BrN3O3. The number of hydrogen-bond donors (Lipinski definition) is 2. The summed E-state index contributed by atoms with van der Waals surface area (Å²) in [6.45, 7) is 2.96. The number of amides is 1. The minimum absolute atomic E-state index is 0.0552. The molecule has 0 aromatic heterocycles. The first-order valence-corrected chi connectivity index (χ1v) is 7.96. The van der Waals surface area contributed by atoms with E-state index in [0.717, 1.165) is 17.6 Å². The normalized spacial score (nSPS) is 17.9. The van der Waals surface area contributed by atoms with Crippen molar-refractivity contribution in [2.75, 3.05) is 38.5 Å². The summed E-state index contributed by atoms with van der Waals surface area (Å²) in [6, 6.07) is 6.48. The van der Waals surface area contributed by atoms with Crippen LogP contribution in [-0.4, -0.2) is 66.1 Å². The van der Waals surface area contributed by atoms with Crippen molar-refractivity contribution in [3.05, 3.63) is 28.7 Å². The molecule has 0 bridgehead atoms. The summed E-state index contributed by atoms with van der Waals surface area (Å²) in [5.74, 6) is -1.25. The van der Waals surface area contributed by atoms with Crippen LogP contribution in [0.15, 0.2) is 28.7 Å². The molecule has 1 amide bonds. The number of carbonyl (C=O) groups excluding carboxylic acids is 1. The number of halogens is 1. The molecule has 1 aromatic carbocycles. The van der Waals surface area contributed by atoms with Gasteiger partial charge in [-0.2, -0.15) is 0 Å². The molecule has 1 aliphatic rings. The molecule has 0 unspecified atom stereocenters. The highest BCUT2D eigenvalue weighted by Crippen LogP contribution is 2.21. The van der Waals surface area contributed by atoms with Crippen molar-refractivity contribution in [3.8, 4) is 0 Å². The van der Waals surface area contributed by atoms with Crippen LogP contribution in [0.3, 0.4) is 0 Å². The van der Waals surface area contributed by atoms with Gasteiger partial charge in [0.25, 0.3) is 0 Å². The molecule has 0 spiro atoms. The lowest BCUT2D eigenvalue weighted by Gasteiger charge is -2.35. The van der Waals surface area contributed by atoms with Crippen LogP contribution in [0.25, 0.3) is 0 Å². The lowest BCUT2D eigenvalue weighted by molar-refractivity contribution is -0.145. The first-order chi connectivity index (χ1) is 10.5. The average Bonchev–Trinajstić information content (AvgIpc) is 2.48. The highest BCUT2D eigenvalue weighted by atomic mass is 79.9. The first kappa shape index (κ1) is 16.9. The number of aliphatic carboxylic acids is 1. The van der Waals surface area contributed by atoms with Gasteiger partial charge >= 0.3 is 5.97 Å². The molecule has 1 aliphatic heterocycles. The molecule has 0 aliphatic carbocycles. The van der Waals surface area contributed by atoms with Gasteiger partial charge in [0.15, 0.2) is 0 Å². The van der Waals surface area contributed by atoms with Gasteiger partial charge in [-0.15, -0.1) is 0 Å². The third-order valence-electron chi connectivity index (χ3n) is 3.79. The van der Waals surface area contributed by atoms with Gasteiger partial charge < -0.3 is 15.3 Å². The van der Waals surface area contributed by atoms with E-state index >= 15 is 0 Å². The van der Waals surface area contributed by atoms with Crippen molar-refractivity contribution in [2.24, 2.45) is 0 Å². The predicted octanol–water partition coefficient (Wildman–Crippen LogP) is 1.48. The lowest BCUT2D eigenvalue weighted by Crippen LogP contribution is -2.52. The number of rotatable bonds is 5. The second-order valence-electron chi connectivity index (χ2n) is 5.43. The molecule has 7 heteroatoms. The number of carboxylic acid groups (broad SMARTS) is 1. The van der Waals surface area contributed by atoms with E-state index in [2.05, 4.69) is 26.1 Å². The van der Waals surface area contributed by atoms with Crippen molar-refractivity contribution in [1.29, 1.82) is 0 Å². The number of anilines is 1. The van der Waals surface area contributed by atoms with E-state index in [0.29, 0.717) is 18.8 Å². The Labute approximate surface area is 138 Å². The van der Waals surface area contributed by atoms with Gasteiger partial charge in [-0.05, 0) is 35.1 Å². The van der Waals surface area contributed by atoms with Crippen molar-refractivity contribution < 1.29 is 14.7 Å². The maximum absolute atomic E-state index is 12.2. The lowest BCUT2D eigenvalue weighted by atomic mass is 10.1. The number of likely N-dealkylation sites (N-methyl/N-ethyl adjacent to an activating group) is 1. The largest absolute Gasteiger partial charge is 0.480 e. The summed E-state index contributed by atoms with van der Waals surface area (Å²) in [5, 5.41) is 12.2. The SMILES string of the molecule is CN1CCN([C@H](CC(=O)Nc2ccccc2Br)C(=O)O)CC1. The molecule has 2 rings (SSSR count). The topological polar surface area (TPSA) is 72.9 Å². The number of carbonyl (C=O) groups is 2. The van der Waals surface area contributed by atoms with Gasteiger partial charge in [-0.1, -0.05) is 12.1 Å². The highest BCUT2D eigenvalue weighted by Gasteiger charge is 2.30. The van der Waals surface area contributed by atoms with Crippen LogP contribution in [0.4, 0.5) is 5.69 Å². The Morgan fingerprint density at radius 2 is 1.91 bits per heavy atom. The molecule has 0 saturated carbocycles.